The Morgan fingerprint density at radius 1 is 1.00 bits per heavy atom. The van der Waals surface area contributed by atoms with E-state index in [0.29, 0.717) is 5.69 Å². The fourth-order valence-electron chi connectivity index (χ4n) is 2.64. The van der Waals surface area contributed by atoms with Crippen molar-refractivity contribution in [3.8, 4) is 5.75 Å². The largest absolute Gasteiger partial charge is 0.497 e. The van der Waals surface area contributed by atoms with Crippen LogP contribution >= 0.6 is 0 Å². The third-order valence-corrected chi connectivity index (χ3v) is 4.20. The van der Waals surface area contributed by atoms with Gasteiger partial charge in [-0.15, -0.1) is 0 Å². The first-order valence-corrected chi connectivity index (χ1v) is 8.85. The zero-order valence-electron chi connectivity index (χ0n) is 15.5. The van der Waals surface area contributed by atoms with Crippen LogP contribution in [0.1, 0.15) is 21.6 Å². The highest BCUT2D eigenvalue weighted by Gasteiger charge is 2.08. The Hall–Kier alpha value is -3.34. The van der Waals surface area contributed by atoms with E-state index in [4.69, 9.17) is 4.74 Å². The van der Waals surface area contributed by atoms with Gasteiger partial charge in [0.05, 0.1) is 7.11 Å². The summed E-state index contributed by atoms with van der Waals surface area (Å²) in [6, 6.07) is 19.3. The molecule has 0 radical (unpaired) electrons. The Balaban J connectivity index is 1.56. The van der Waals surface area contributed by atoms with Crippen LogP contribution in [0.5, 0.6) is 5.75 Å². The van der Waals surface area contributed by atoms with Crippen LogP contribution in [-0.4, -0.2) is 24.5 Å². The van der Waals surface area contributed by atoms with Gasteiger partial charge < -0.3 is 15.4 Å². The molecule has 0 spiro atoms. The van der Waals surface area contributed by atoms with E-state index in [1.807, 2.05) is 61.5 Å². The maximum absolute atomic E-state index is 12.4. The van der Waals surface area contributed by atoms with Gasteiger partial charge in [-0.05, 0) is 55.3 Å². The van der Waals surface area contributed by atoms with Crippen LogP contribution in [0, 0.1) is 6.92 Å². The number of pyridine rings is 1. The highest BCUT2D eigenvalue weighted by Crippen LogP contribution is 2.14. The van der Waals surface area contributed by atoms with Crippen molar-refractivity contribution in [3.63, 3.8) is 0 Å². The second kappa shape index (κ2) is 8.85. The van der Waals surface area contributed by atoms with Crippen molar-refractivity contribution in [3.05, 3.63) is 83.7 Å². The Kier molecular flexibility index (Phi) is 6.05. The highest BCUT2D eigenvalue weighted by molar-refractivity contribution is 6.03. The van der Waals surface area contributed by atoms with Crippen molar-refractivity contribution in [2.45, 2.75) is 13.3 Å². The molecular formula is C22H23N3O2. The van der Waals surface area contributed by atoms with Gasteiger partial charge in [-0.2, -0.15) is 0 Å². The molecule has 5 nitrogen and oxygen atoms in total. The lowest BCUT2D eigenvalue weighted by molar-refractivity contribution is 0.102. The molecule has 0 aliphatic rings. The van der Waals surface area contributed by atoms with Gasteiger partial charge in [-0.1, -0.05) is 29.8 Å². The van der Waals surface area contributed by atoms with Gasteiger partial charge in [0.25, 0.3) is 5.91 Å². The quantitative estimate of drug-likeness (QED) is 0.658. The number of nitrogens with one attached hydrogen (secondary N) is 2. The molecule has 0 aliphatic carbocycles. The number of nitrogens with zero attached hydrogens (tertiary/aromatic N) is 1. The fourth-order valence-corrected chi connectivity index (χ4v) is 2.64. The third kappa shape index (κ3) is 5.31. The molecule has 1 heterocycles. The first kappa shape index (κ1) is 18.5. The predicted octanol–water partition coefficient (Wildman–Crippen LogP) is 4.31. The molecule has 3 rings (SSSR count). The minimum absolute atomic E-state index is 0.224. The van der Waals surface area contributed by atoms with Crippen molar-refractivity contribution in [2.24, 2.45) is 0 Å². The molecule has 1 amide bonds. The first-order chi connectivity index (χ1) is 13.1. The summed E-state index contributed by atoms with van der Waals surface area (Å²) < 4.78 is 5.17. The summed E-state index contributed by atoms with van der Waals surface area (Å²) in [4.78, 5) is 16.6. The molecule has 3 aromatic rings. The van der Waals surface area contributed by atoms with Crippen LogP contribution in [0.3, 0.4) is 0 Å². The van der Waals surface area contributed by atoms with Crippen molar-refractivity contribution >= 4 is 17.3 Å². The molecule has 2 aromatic carbocycles. The number of amides is 1. The normalized spacial score (nSPS) is 10.3. The second-order valence-corrected chi connectivity index (χ2v) is 6.27. The number of aryl methyl sites for hydroxylation is 1. The van der Waals surface area contributed by atoms with Crippen LogP contribution < -0.4 is 15.4 Å². The van der Waals surface area contributed by atoms with E-state index in [1.54, 1.807) is 19.4 Å². The van der Waals surface area contributed by atoms with Gasteiger partial charge in [-0.3, -0.25) is 9.78 Å². The van der Waals surface area contributed by atoms with E-state index < -0.39 is 0 Å². The lowest BCUT2D eigenvalue weighted by Gasteiger charge is -2.09. The van der Waals surface area contributed by atoms with Crippen LogP contribution in [-0.2, 0) is 6.42 Å². The molecule has 0 atom stereocenters. The minimum Gasteiger partial charge on any atom is -0.497 e. The van der Waals surface area contributed by atoms with Crippen LogP contribution in [0.4, 0.5) is 11.4 Å². The molecule has 5 heteroatoms. The number of hydrogen-bond donors (Lipinski definition) is 2. The lowest BCUT2D eigenvalue weighted by Crippen LogP contribution is -2.14. The van der Waals surface area contributed by atoms with Gasteiger partial charge in [0.1, 0.15) is 11.4 Å². The average molecular weight is 361 g/mol. The summed E-state index contributed by atoms with van der Waals surface area (Å²) in [5.41, 5.74) is 4.37. The van der Waals surface area contributed by atoms with Crippen LogP contribution in [0.25, 0.3) is 0 Å². The first-order valence-electron chi connectivity index (χ1n) is 8.85. The Labute approximate surface area is 159 Å². The molecule has 2 N–H and O–H groups in total. The standard InChI is InChI=1S/C22H23N3O2/c1-16-3-7-18(8-4-16)25-22(26)21-15-19(12-14-24-21)23-13-11-17-5-9-20(27-2)10-6-17/h3-10,12,14-15H,11,13H2,1-2H3,(H,23,24)(H,25,26). The number of aromatic nitrogens is 1. The summed E-state index contributed by atoms with van der Waals surface area (Å²) in [7, 11) is 1.66. The van der Waals surface area contributed by atoms with E-state index in [0.717, 1.165) is 35.7 Å². The second-order valence-electron chi connectivity index (χ2n) is 6.27. The number of methoxy groups -OCH3 is 1. The molecular weight excluding hydrogens is 338 g/mol. The van der Waals surface area contributed by atoms with Crippen molar-refractivity contribution in [1.82, 2.24) is 4.98 Å². The molecule has 138 valence electrons. The maximum atomic E-state index is 12.4. The zero-order valence-corrected chi connectivity index (χ0v) is 15.5. The van der Waals surface area contributed by atoms with E-state index in [9.17, 15) is 4.79 Å². The summed E-state index contributed by atoms with van der Waals surface area (Å²) in [6.07, 6.45) is 2.51. The van der Waals surface area contributed by atoms with Gasteiger partial charge in [-0.25, -0.2) is 0 Å². The van der Waals surface area contributed by atoms with Gasteiger partial charge in [0, 0.05) is 24.1 Å². The number of hydrogen-bond acceptors (Lipinski definition) is 4. The molecule has 0 saturated heterocycles. The number of carbonyl (C=O) groups is 1. The Morgan fingerprint density at radius 2 is 1.74 bits per heavy atom. The lowest BCUT2D eigenvalue weighted by atomic mass is 10.1. The highest BCUT2D eigenvalue weighted by atomic mass is 16.5. The summed E-state index contributed by atoms with van der Waals surface area (Å²) in [6.45, 7) is 2.77. The zero-order chi connectivity index (χ0) is 19.1. The van der Waals surface area contributed by atoms with E-state index in [2.05, 4.69) is 15.6 Å². The summed E-state index contributed by atoms with van der Waals surface area (Å²) in [5, 5.41) is 6.20. The fraction of sp³-hybridized carbons (Fsp3) is 0.182. The Morgan fingerprint density at radius 3 is 2.44 bits per heavy atom. The van der Waals surface area contributed by atoms with Crippen molar-refractivity contribution < 1.29 is 9.53 Å². The molecule has 0 aliphatic heterocycles. The van der Waals surface area contributed by atoms with Crippen molar-refractivity contribution in [1.29, 1.82) is 0 Å². The summed E-state index contributed by atoms with van der Waals surface area (Å²) >= 11 is 0. The topological polar surface area (TPSA) is 63.2 Å². The average Bonchev–Trinajstić information content (AvgIpc) is 2.70. The third-order valence-electron chi connectivity index (χ3n) is 4.20. The molecule has 0 bridgehead atoms. The number of anilines is 2. The van der Waals surface area contributed by atoms with E-state index in [-0.39, 0.29) is 5.91 Å². The van der Waals surface area contributed by atoms with Gasteiger partial charge in [0.15, 0.2) is 0 Å². The SMILES string of the molecule is COc1ccc(CCNc2ccnc(C(=O)Nc3ccc(C)cc3)c2)cc1. The number of rotatable bonds is 7. The smallest absolute Gasteiger partial charge is 0.274 e. The molecule has 0 unspecified atom stereocenters. The van der Waals surface area contributed by atoms with Crippen LogP contribution in [0.15, 0.2) is 66.9 Å². The van der Waals surface area contributed by atoms with E-state index in [1.165, 1.54) is 5.56 Å². The monoisotopic (exact) mass is 361 g/mol. The molecule has 27 heavy (non-hydrogen) atoms. The molecule has 0 fully saturated rings. The van der Waals surface area contributed by atoms with Crippen molar-refractivity contribution in [2.75, 3.05) is 24.3 Å². The maximum Gasteiger partial charge on any atom is 0.274 e. The van der Waals surface area contributed by atoms with E-state index >= 15 is 0 Å². The molecule has 0 saturated carbocycles. The number of ether oxygens (including phenoxy) is 1. The summed E-state index contributed by atoms with van der Waals surface area (Å²) in [5.74, 6) is 0.628. The predicted molar refractivity (Wildman–Crippen MR) is 109 cm³/mol. The minimum atomic E-state index is -0.224. The van der Waals surface area contributed by atoms with Crippen LogP contribution in [0.2, 0.25) is 0 Å². The van der Waals surface area contributed by atoms with Gasteiger partial charge in [0.2, 0.25) is 0 Å². The molecule has 1 aromatic heterocycles. The number of benzene rings is 2. The number of carbonyl (C=O) groups excluding carboxylic acids is 1. The Bertz CT molecular complexity index is 890. The van der Waals surface area contributed by atoms with Gasteiger partial charge >= 0.3 is 0 Å².